The van der Waals surface area contributed by atoms with Gasteiger partial charge in [0, 0.05) is 48.5 Å². The van der Waals surface area contributed by atoms with Crippen LogP contribution in [0.3, 0.4) is 0 Å². The lowest BCUT2D eigenvalue weighted by Crippen LogP contribution is -2.44. The van der Waals surface area contributed by atoms with Crippen LogP contribution in [0.4, 0.5) is 0 Å². The number of aliphatic imine (C=N–C) groups is 3. The zero-order chi connectivity index (χ0) is 37.7. The van der Waals surface area contributed by atoms with Crippen molar-refractivity contribution < 1.29 is 0 Å². The van der Waals surface area contributed by atoms with Crippen LogP contribution in [0.5, 0.6) is 0 Å². The van der Waals surface area contributed by atoms with Crippen molar-refractivity contribution in [2.75, 3.05) is 20.1 Å². The minimum atomic E-state index is 0.0622. The molecule has 0 saturated carbocycles. The lowest BCUT2D eigenvalue weighted by Gasteiger charge is -2.39. The minimum absolute atomic E-state index is 0.0622. The first-order chi connectivity index (χ1) is 27.0. The Morgan fingerprint density at radius 2 is 1.71 bits per heavy atom. The molecule has 5 aliphatic carbocycles. The van der Waals surface area contributed by atoms with Crippen LogP contribution in [0, 0.1) is 23.2 Å². The normalized spacial score (nSPS) is 37.4. The number of rotatable bonds is 9. The quantitative estimate of drug-likeness (QED) is 0.233. The maximum absolute atomic E-state index is 5.75. The van der Waals surface area contributed by atoms with Crippen LogP contribution >= 0.6 is 0 Å². The van der Waals surface area contributed by atoms with E-state index < -0.39 is 0 Å². The SMILES string of the molecule is CCC1(CC)C2=C(CCC(/C=C/C3=CCC(C4N=NCC[C@H]4C)C4N=CC=NC34)=C2)C2=C1C=C(/C=C/C1C=CC(C3[C@H](/C=C\N)N3C)=C3N=CCNC31)CC2. The van der Waals surface area contributed by atoms with Gasteiger partial charge in [-0.3, -0.25) is 19.9 Å². The molecule has 286 valence electrons. The standard InChI is InChI=1S/C47H58N8/c1-5-47(6-2)38-27-30(7-11-32-13-17-36(41-29(3)20-22-53-54-41)44-42(32)49-23-25-51-44)9-15-34(38)35-16-10-31(28-39(35)47)8-12-33-14-18-37(45-43(33)50-24-26-52-45)46-40(19-21-48)55(46)4/h7-8,11-14,18-19,21,23,25-29,33,36,40-44,46,50H,5-6,9-10,15-17,20,22,24,48H2,1-4H3/b11-7+,12-8+,21-19-/t29-,33?,36?,40+,41?,42?,43?,44?,46?,55?/m1/s1. The fourth-order valence-corrected chi connectivity index (χ4v) is 11.2. The molecule has 0 spiro atoms. The number of likely N-dealkylation sites (N-methyl/N-ethyl adjacent to an activating group) is 1. The Morgan fingerprint density at radius 1 is 0.945 bits per heavy atom. The van der Waals surface area contributed by atoms with Crippen molar-refractivity contribution in [3.05, 3.63) is 117 Å². The van der Waals surface area contributed by atoms with E-state index in [0.717, 1.165) is 64.5 Å². The zero-order valence-electron chi connectivity index (χ0n) is 33.1. The summed E-state index contributed by atoms with van der Waals surface area (Å²) >= 11 is 0. The Balaban J connectivity index is 0.933. The number of hydrogen-bond acceptors (Lipinski definition) is 8. The molecule has 0 amide bonds. The Hall–Kier alpha value is -4.27. The molecule has 8 unspecified atom stereocenters. The molecule has 9 rings (SSSR count). The van der Waals surface area contributed by atoms with Gasteiger partial charge in [0.05, 0.1) is 42.5 Å². The Kier molecular flexibility index (Phi) is 9.92. The molecule has 55 heavy (non-hydrogen) atoms. The van der Waals surface area contributed by atoms with Gasteiger partial charge in [-0.25, -0.2) is 0 Å². The largest absolute Gasteiger partial charge is 0.405 e. The molecule has 1 fully saturated rings. The van der Waals surface area contributed by atoms with Gasteiger partial charge in [0.25, 0.3) is 0 Å². The van der Waals surface area contributed by atoms with Gasteiger partial charge in [-0.15, -0.1) is 0 Å². The van der Waals surface area contributed by atoms with E-state index in [1.54, 1.807) is 28.5 Å². The van der Waals surface area contributed by atoms with Crippen molar-refractivity contribution in [3.8, 4) is 0 Å². The molecule has 1 saturated heterocycles. The van der Waals surface area contributed by atoms with Crippen LogP contribution < -0.4 is 11.1 Å². The third-order valence-corrected chi connectivity index (χ3v) is 14.4. The number of fused-ring (bicyclic) bond motifs is 3. The van der Waals surface area contributed by atoms with Gasteiger partial charge in [0.2, 0.25) is 0 Å². The van der Waals surface area contributed by atoms with E-state index in [-0.39, 0.29) is 35.5 Å². The summed E-state index contributed by atoms with van der Waals surface area (Å²) in [6.45, 7) is 8.78. The zero-order valence-corrected chi connectivity index (χ0v) is 33.1. The van der Waals surface area contributed by atoms with Gasteiger partial charge in [-0.05, 0) is 121 Å². The van der Waals surface area contributed by atoms with Crippen molar-refractivity contribution in [1.29, 1.82) is 0 Å². The second-order valence-corrected chi connectivity index (χ2v) is 17.0. The van der Waals surface area contributed by atoms with E-state index in [1.165, 1.54) is 28.0 Å². The molecule has 0 bridgehead atoms. The number of azo groups is 1. The summed E-state index contributed by atoms with van der Waals surface area (Å²) in [5.74, 6) is 1.16. The van der Waals surface area contributed by atoms with Gasteiger partial charge in [-0.2, -0.15) is 10.2 Å². The van der Waals surface area contributed by atoms with Crippen LogP contribution in [0.2, 0.25) is 0 Å². The summed E-state index contributed by atoms with van der Waals surface area (Å²) in [5.41, 5.74) is 18.9. The van der Waals surface area contributed by atoms with Crippen LogP contribution in [0.25, 0.3) is 0 Å². The highest BCUT2D eigenvalue weighted by Gasteiger charge is 2.48. The van der Waals surface area contributed by atoms with Gasteiger partial charge >= 0.3 is 0 Å². The molecule has 9 aliphatic rings. The topological polar surface area (TPSA) is 103 Å². The Morgan fingerprint density at radius 3 is 2.45 bits per heavy atom. The Bertz CT molecular complexity index is 2020. The van der Waals surface area contributed by atoms with Gasteiger partial charge in [-0.1, -0.05) is 75.5 Å². The predicted molar refractivity (Wildman–Crippen MR) is 227 cm³/mol. The molecule has 10 atom stereocenters. The third kappa shape index (κ3) is 6.33. The van der Waals surface area contributed by atoms with E-state index in [4.69, 9.17) is 25.8 Å². The summed E-state index contributed by atoms with van der Waals surface area (Å²) in [4.78, 5) is 17.3. The molecule has 4 heterocycles. The van der Waals surface area contributed by atoms with Crippen LogP contribution in [0.1, 0.15) is 72.1 Å². The minimum Gasteiger partial charge on any atom is -0.405 e. The second-order valence-electron chi connectivity index (χ2n) is 17.0. The maximum Gasteiger partial charge on any atom is 0.0973 e. The van der Waals surface area contributed by atoms with Crippen LogP contribution in [-0.2, 0) is 0 Å². The summed E-state index contributed by atoms with van der Waals surface area (Å²) in [7, 11) is 2.17. The summed E-state index contributed by atoms with van der Waals surface area (Å²) < 4.78 is 0. The molecule has 8 heteroatoms. The third-order valence-electron chi connectivity index (χ3n) is 14.4. The molecule has 0 aromatic heterocycles. The van der Waals surface area contributed by atoms with Crippen molar-refractivity contribution in [2.45, 2.75) is 108 Å². The van der Waals surface area contributed by atoms with Gasteiger partial charge in [0.1, 0.15) is 0 Å². The fraction of sp³-hybridized carbons (Fsp3) is 0.511. The van der Waals surface area contributed by atoms with E-state index in [2.05, 4.69) is 104 Å². The lowest BCUT2D eigenvalue weighted by atomic mass is 9.69. The first-order valence-electron chi connectivity index (χ1n) is 21.1. The first kappa shape index (κ1) is 36.4. The second kappa shape index (κ2) is 15.0. The Labute approximate surface area is 327 Å². The highest BCUT2D eigenvalue weighted by Crippen LogP contribution is 2.58. The highest BCUT2D eigenvalue weighted by molar-refractivity contribution is 6.16. The van der Waals surface area contributed by atoms with E-state index in [1.807, 2.05) is 18.6 Å². The van der Waals surface area contributed by atoms with E-state index in [9.17, 15) is 0 Å². The molecule has 3 N–H and O–H groups in total. The van der Waals surface area contributed by atoms with Gasteiger partial charge < -0.3 is 11.1 Å². The molecule has 4 aliphatic heterocycles. The van der Waals surface area contributed by atoms with Crippen molar-refractivity contribution in [3.63, 3.8) is 0 Å². The lowest BCUT2D eigenvalue weighted by molar-refractivity contribution is 0.234. The number of allylic oxidation sites excluding steroid dienone is 11. The average Bonchev–Trinajstić information content (AvgIpc) is 3.77. The summed E-state index contributed by atoms with van der Waals surface area (Å²) in [5, 5.41) is 12.9. The summed E-state index contributed by atoms with van der Waals surface area (Å²) in [6, 6.07) is 1.32. The predicted octanol–water partition coefficient (Wildman–Crippen LogP) is 8.29. The van der Waals surface area contributed by atoms with Gasteiger partial charge in [0.15, 0.2) is 0 Å². The van der Waals surface area contributed by atoms with Crippen molar-refractivity contribution in [1.82, 2.24) is 10.2 Å². The molecule has 0 aromatic carbocycles. The number of hydrogen-bond donors (Lipinski definition) is 2. The molecular formula is C47H58N8. The molecule has 0 radical (unpaired) electrons. The average molecular weight is 735 g/mol. The number of nitrogens with zero attached hydrogens (tertiary/aromatic N) is 6. The van der Waals surface area contributed by atoms with E-state index in [0.29, 0.717) is 23.9 Å². The molecule has 0 aromatic rings. The first-order valence-corrected chi connectivity index (χ1v) is 21.1. The monoisotopic (exact) mass is 734 g/mol. The van der Waals surface area contributed by atoms with E-state index >= 15 is 0 Å². The number of nitrogens with two attached hydrogens (primary N) is 1. The van der Waals surface area contributed by atoms with Crippen LogP contribution in [0.15, 0.2) is 142 Å². The number of nitrogens with one attached hydrogen (secondary N) is 1. The summed E-state index contributed by atoms with van der Waals surface area (Å²) in [6.07, 6.45) is 40.2. The highest BCUT2D eigenvalue weighted by atomic mass is 15.3. The molecular weight excluding hydrogens is 677 g/mol. The molecule has 8 nitrogen and oxygen atoms in total. The maximum atomic E-state index is 5.75. The fourth-order valence-electron chi connectivity index (χ4n) is 11.2. The smallest absolute Gasteiger partial charge is 0.0973 e. The van der Waals surface area contributed by atoms with Crippen molar-refractivity contribution in [2.24, 2.45) is 54.1 Å². The van der Waals surface area contributed by atoms with Crippen LogP contribution in [-0.4, -0.2) is 79.9 Å². The van der Waals surface area contributed by atoms with Crippen molar-refractivity contribution >= 4 is 18.6 Å².